The molecule has 0 aromatic heterocycles. The molecule has 0 heterocycles. The number of hydrogen-bond donors (Lipinski definition) is 1. The average Bonchev–Trinajstić information content (AvgIpc) is 2.62. The van der Waals surface area contributed by atoms with Crippen molar-refractivity contribution >= 4 is 35.5 Å². The maximum atomic E-state index is 10.7. The van der Waals surface area contributed by atoms with Crippen LogP contribution in [0.2, 0.25) is 5.02 Å². The van der Waals surface area contributed by atoms with Gasteiger partial charge in [0, 0.05) is 21.2 Å². The molecule has 0 saturated carbocycles. The maximum absolute atomic E-state index is 10.7. The van der Waals surface area contributed by atoms with E-state index in [2.05, 4.69) is 16.9 Å². The Morgan fingerprint density at radius 1 is 0.783 bits per heavy atom. The Morgan fingerprint density at radius 3 is 1.91 bits per heavy atom. The van der Waals surface area contributed by atoms with Crippen molar-refractivity contribution in [1.29, 1.82) is 0 Å². The number of carbonyl (C=O) groups excluding carboxylic acids is 1. The Hall–Kier alpha value is -2.23. The van der Waals surface area contributed by atoms with Gasteiger partial charge < -0.3 is 4.72 Å². The summed E-state index contributed by atoms with van der Waals surface area (Å²) in [6, 6.07) is 23.4. The number of benzene rings is 3. The van der Waals surface area contributed by atoms with Gasteiger partial charge in [0.25, 0.3) is 0 Å². The van der Waals surface area contributed by atoms with Crippen LogP contribution in [0, 0.1) is 0 Å². The molecule has 0 aliphatic heterocycles. The highest BCUT2D eigenvalue weighted by atomic mass is 35.5. The Bertz CT molecular complexity index is 783. The monoisotopic (exact) mass is 339 g/mol. The van der Waals surface area contributed by atoms with Gasteiger partial charge in [-0.1, -0.05) is 48.0 Å². The molecule has 0 radical (unpaired) electrons. The van der Waals surface area contributed by atoms with Crippen molar-refractivity contribution < 1.29 is 4.79 Å². The first-order valence-corrected chi connectivity index (χ1v) is 8.28. The van der Waals surface area contributed by atoms with Crippen molar-refractivity contribution in [3.8, 4) is 11.1 Å². The summed E-state index contributed by atoms with van der Waals surface area (Å²) in [6.07, 6.45) is 0.852. The second-order valence-corrected chi connectivity index (χ2v) is 6.29. The molecule has 0 aliphatic carbocycles. The van der Waals surface area contributed by atoms with Gasteiger partial charge in [-0.15, -0.1) is 0 Å². The van der Waals surface area contributed by atoms with Crippen LogP contribution in [0.3, 0.4) is 0 Å². The fraction of sp³-hybridized carbons (Fsp3) is 0. The van der Waals surface area contributed by atoms with Crippen LogP contribution in [0.25, 0.3) is 11.1 Å². The number of rotatable bonds is 5. The second-order valence-electron chi connectivity index (χ2n) is 4.98. The summed E-state index contributed by atoms with van der Waals surface area (Å²) in [5, 5.41) is 0.735. The molecule has 2 nitrogen and oxygen atoms in total. The molecule has 0 bridgehead atoms. The minimum Gasteiger partial charge on any atom is -0.326 e. The minimum atomic E-state index is 0.686. The third-order valence-corrected chi connectivity index (χ3v) is 4.46. The summed E-state index contributed by atoms with van der Waals surface area (Å²) >= 11 is 7.42. The number of hydrogen-bond acceptors (Lipinski definition) is 3. The summed E-state index contributed by atoms with van der Waals surface area (Å²) in [4.78, 5) is 11.8. The number of carbonyl (C=O) groups is 1. The van der Waals surface area contributed by atoms with Crippen molar-refractivity contribution in [3.63, 3.8) is 0 Å². The molecule has 3 aromatic carbocycles. The van der Waals surface area contributed by atoms with Gasteiger partial charge in [-0.25, -0.2) is 0 Å². The van der Waals surface area contributed by atoms with E-state index in [0.29, 0.717) is 5.56 Å². The molecule has 0 fully saturated rings. The third kappa shape index (κ3) is 4.15. The molecular weight excluding hydrogens is 326 g/mol. The van der Waals surface area contributed by atoms with Crippen LogP contribution in [-0.2, 0) is 0 Å². The first-order chi connectivity index (χ1) is 11.2. The van der Waals surface area contributed by atoms with Gasteiger partial charge in [0.2, 0.25) is 0 Å². The zero-order valence-corrected chi connectivity index (χ0v) is 13.8. The van der Waals surface area contributed by atoms with Crippen LogP contribution >= 0.6 is 23.5 Å². The van der Waals surface area contributed by atoms with Crippen LogP contribution in [0.5, 0.6) is 0 Å². The van der Waals surface area contributed by atoms with Gasteiger partial charge in [0.15, 0.2) is 0 Å². The lowest BCUT2D eigenvalue weighted by Crippen LogP contribution is -1.87. The summed E-state index contributed by atoms with van der Waals surface area (Å²) in [5.74, 6) is 0. The fourth-order valence-corrected chi connectivity index (χ4v) is 2.88. The molecule has 0 aliphatic rings. The maximum Gasteiger partial charge on any atom is 0.150 e. The van der Waals surface area contributed by atoms with Crippen LogP contribution in [0.1, 0.15) is 10.4 Å². The molecule has 3 aromatic rings. The first kappa shape index (κ1) is 15.7. The van der Waals surface area contributed by atoms with Crippen molar-refractivity contribution in [2.75, 3.05) is 4.72 Å². The Balaban J connectivity index is 1.66. The first-order valence-electron chi connectivity index (χ1n) is 7.09. The quantitative estimate of drug-likeness (QED) is 0.460. The number of nitrogens with one attached hydrogen (secondary N) is 1. The van der Waals surface area contributed by atoms with Gasteiger partial charge in [-0.2, -0.15) is 0 Å². The van der Waals surface area contributed by atoms with Gasteiger partial charge in [0.05, 0.1) is 0 Å². The zero-order valence-electron chi connectivity index (χ0n) is 12.2. The summed E-state index contributed by atoms with van der Waals surface area (Å²) in [5.41, 5.74) is 3.92. The van der Waals surface area contributed by atoms with Crippen LogP contribution in [0.4, 0.5) is 5.69 Å². The molecule has 0 atom stereocenters. The van der Waals surface area contributed by atoms with Crippen LogP contribution in [-0.4, -0.2) is 6.29 Å². The van der Waals surface area contributed by atoms with Crippen LogP contribution < -0.4 is 4.72 Å². The topological polar surface area (TPSA) is 29.1 Å². The second kappa shape index (κ2) is 7.36. The van der Waals surface area contributed by atoms with E-state index in [-0.39, 0.29) is 0 Å². The van der Waals surface area contributed by atoms with E-state index in [1.54, 1.807) is 11.9 Å². The Morgan fingerprint density at radius 2 is 1.35 bits per heavy atom. The molecule has 23 heavy (non-hydrogen) atoms. The largest absolute Gasteiger partial charge is 0.326 e. The van der Waals surface area contributed by atoms with E-state index in [0.717, 1.165) is 33.0 Å². The lowest BCUT2D eigenvalue weighted by molar-refractivity contribution is 0.112. The highest BCUT2D eigenvalue weighted by Gasteiger charge is 2.00. The molecule has 3 rings (SSSR count). The average molecular weight is 340 g/mol. The molecule has 4 heteroatoms. The third-order valence-electron chi connectivity index (χ3n) is 3.37. The Kier molecular flexibility index (Phi) is 5.01. The highest BCUT2D eigenvalue weighted by Crippen LogP contribution is 2.25. The molecule has 114 valence electrons. The molecular formula is C19H14ClNOS. The Labute approximate surface area is 144 Å². The number of halogens is 1. The summed E-state index contributed by atoms with van der Waals surface area (Å²) in [6.45, 7) is 0. The van der Waals surface area contributed by atoms with Gasteiger partial charge in [-0.05, 0) is 59.5 Å². The standard InChI is InChI=1S/C19H14ClNOS/c20-17-7-11-19(12-8-17)23-21-18-9-5-16(6-10-18)15-3-1-14(13-22)2-4-15/h1-13,21H. The van der Waals surface area contributed by atoms with Gasteiger partial charge >= 0.3 is 0 Å². The van der Waals surface area contributed by atoms with Gasteiger partial charge in [-0.3, -0.25) is 4.79 Å². The van der Waals surface area contributed by atoms with Crippen molar-refractivity contribution in [3.05, 3.63) is 83.4 Å². The SMILES string of the molecule is O=Cc1ccc(-c2ccc(NSc3ccc(Cl)cc3)cc2)cc1. The highest BCUT2D eigenvalue weighted by molar-refractivity contribution is 8.00. The fourth-order valence-electron chi connectivity index (χ4n) is 2.11. The van der Waals surface area contributed by atoms with Crippen molar-refractivity contribution in [2.24, 2.45) is 0 Å². The predicted molar refractivity (Wildman–Crippen MR) is 98.2 cm³/mol. The molecule has 0 spiro atoms. The normalized spacial score (nSPS) is 10.3. The molecule has 1 N–H and O–H groups in total. The zero-order chi connectivity index (χ0) is 16.1. The lowest BCUT2D eigenvalue weighted by Gasteiger charge is -2.07. The minimum absolute atomic E-state index is 0.686. The van der Waals surface area contributed by atoms with Crippen molar-refractivity contribution in [1.82, 2.24) is 0 Å². The van der Waals surface area contributed by atoms with E-state index in [4.69, 9.17) is 11.6 Å². The summed E-state index contributed by atoms with van der Waals surface area (Å²) < 4.78 is 3.30. The van der Waals surface area contributed by atoms with E-state index in [9.17, 15) is 4.79 Å². The van der Waals surface area contributed by atoms with Crippen LogP contribution in [0.15, 0.2) is 77.7 Å². The van der Waals surface area contributed by atoms with Crippen molar-refractivity contribution in [2.45, 2.75) is 4.90 Å². The lowest BCUT2D eigenvalue weighted by atomic mass is 10.0. The molecule has 0 unspecified atom stereocenters. The van der Waals surface area contributed by atoms with E-state index in [1.807, 2.05) is 60.7 Å². The predicted octanol–water partition coefficient (Wildman–Crippen LogP) is 5.94. The molecule has 0 amide bonds. The van der Waals surface area contributed by atoms with E-state index < -0.39 is 0 Å². The number of anilines is 1. The van der Waals surface area contributed by atoms with E-state index in [1.165, 1.54) is 0 Å². The number of aldehydes is 1. The molecule has 0 saturated heterocycles. The summed E-state index contributed by atoms with van der Waals surface area (Å²) in [7, 11) is 0. The van der Waals surface area contributed by atoms with Gasteiger partial charge in [0.1, 0.15) is 6.29 Å². The smallest absolute Gasteiger partial charge is 0.150 e. The van der Waals surface area contributed by atoms with E-state index >= 15 is 0 Å².